The lowest BCUT2D eigenvalue weighted by Gasteiger charge is -2.33. The highest BCUT2D eigenvalue weighted by Crippen LogP contribution is 2.35. The molecule has 5 aromatic rings. The standard InChI is InChI=1S/C42H52N12O4/c1-2-35(55)48-32-23-33(38(57)37(32)56)54-26-45-36-39(44-24-31(27-11-5-3-6-12-27)28-13-7-4-8-14-28)49-41(50-40(36)54)51-53-22-18-30(25-53)47-42(58)46-29-16-20-52(21-17-29)34-15-9-10-19-43-34/h3-15,19,26,29-33,37-38,56-57H,2,16-18,20-25H2,1H3,(H,48,55)(H2,46,47,58)(H2,44,49,50,51)/t30-,32-,33?,37+,38-/m0/s1. The average Bonchev–Trinajstić information content (AvgIpc) is 3.96. The van der Waals surface area contributed by atoms with Crippen molar-refractivity contribution < 1.29 is 19.8 Å². The molecule has 1 saturated carbocycles. The van der Waals surface area contributed by atoms with Gasteiger partial charge < -0.3 is 40.9 Å². The Morgan fingerprint density at radius 1 is 0.810 bits per heavy atom. The van der Waals surface area contributed by atoms with E-state index in [0.717, 1.165) is 49.3 Å². The van der Waals surface area contributed by atoms with E-state index in [1.807, 2.05) is 59.6 Å². The summed E-state index contributed by atoms with van der Waals surface area (Å²) in [6.45, 7) is 5.10. The van der Waals surface area contributed by atoms with Gasteiger partial charge in [-0.3, -0.25) is 10.2 Å². The van der Waals surface area contributed by atoms with Crippen LogP contribution in [0.4, 0.5) is 22.4 Å². The molecule has 304 valence electrons. The van der Waals surface area contributed by atoms with Gasteiger partial charge in [-0.25, -0.2) is 19.8 Å². The minimum atomic E-state index is -1.16. The van der Waals surface area contributed by atoms with E-state index < -0.39 is 24.3 Å². The minimum Gasteiger partial charge on any atom is -0.388 e. The number of carbonyl (C=O) groups is 2. The third-order valence-corrected chi connectivity index (χ3v) is 11.6. The van der Waals surface area contributed by atoms with Crippen LogP contribution in [0, 0.1) is 0 Å². The molecule has 5 atom stereocenters. The van der Waals surface area contributed by atoms with E-state index in [-0.39, 0.29) is 36.4 Å². The maximum Gasteiger partial charge on any atom is 0.315 e. The third kappa shape index (κ3) is 8.83. The molecular formula is C42H52N12O4. The number of carbonyl (C=O) groups excluding carboxylic acids is 2. The number of nitrogens with one attached hydrogen (secondary N) is 5. The highest BCUT2D eigenvalue weighted by atomic mass is 16.3. The van der Waals surface area contributed by atoms with Crippen LogP contribution in [0.25, 0.3) is 11.2 Å². The Balaban J connectivity index is 0.978. The van der Waals surface area contributed by atoms with Crippen molar-refractivity contribution in [2.45, 2.75) is 81.3 Å². The maximum absolute atomic E-state index is 13.1. The fourth-order valence-electron chi connectivity index (χ4n) is 8.39. The van der Waals surface area contributed by atoms with E-state index in [0.29, 0.717) is 49.0 Å². The summed E-state index contributed by atoms with van der Waals surface area (Å²) in [5, 5.41) is 36.9. The quantitative estimate of drug-likeness (QED) is 0.0920. The summed E-state index contributed by atoms with van der Waals surface area (Å²) in [7, 11) is 0. The van der Waals surface area contributed by atoms with Crippen molar-refractivity contribution in [1.82, 2.24) is 45.5 Å². The van der Waals surface area contributed by atoms with Gasteiger partial charge in [0.25, 0.3) is 0 Å². The predicted molar refractivity (Wildman–Crippen MR) is 221 cm³/mol. The van der Waals surface area contributed by atoms with Gasteiger partial charge in [0, 0.05) is 63.3 Å². The molecular weight excluding hydrogens is 737 g/mol. The van der Waals surface area contributed by atoms with E-state index in [1.165, 1.54) is 0 Å². The van der Waals surface area contributed by atoms with E-state index in [9.17, 15) is 19.8 Å². The largest absolute Gasteiger partial charge is 0.388 e. The molecule has 7 N–H and O–H groups in total. The molecule has 0 bridgehead atoms. The molecule has 2 aliphatic heterocycles. The zero-order chi connectivity index (χ0) is 40.0. The average molecular weight is 789 g/mol. The van der Waals surface area contributed by atoms with Crippen LogP contribution in [-0.2, 0) is 4.79 Å². The van der Waals surface area contributed by atoms with E-state index in [2.05, 4.69) is 60.8 Å². The summed E-state index contributed by atoms with van der Waals surface area (Å²) in [6, 6.07) is 25.1. The number of benzene rings is 2. The second-order valence-corrected chi connectivity index (χ2v) is 15.4. The van der Waals surface area contributed by atoms with Gasteiger partial charge in [-0.05, 0) is 48.9 Å². The fraction of sp³-hybridized carbons (Fsp3) is 0.429. The highest BCUT2D eigenvalue weighted by molar-refractivity contribution is 5.84. The van der Waals surface area contributed by atoms with Gasteiger partial charge in [-0.15, -0.1) is 0 Å². The van der Waals surface area contributed by atoms with Gasteiger partial charge in [-0.1, -0.05) is 73.7 Å². The Hall–Kier alpha value is -5.84. The van der Waals surface area contributed by atoms with Crippen LogP contribution in [-0.4, -0.2) is 115 Å². The van der Waals surface area contributed by atoms with Crippen LogP contribution in [0.2, 0.25) is 0 Å². The predicted octanol–water partition coefficient (Wildman–Crippen LogP) is 3.40. The first-order valence-electron chi connectivity index (χ1n) is 20.3. The van der Waals surface area contributed by atoms with Gasteiger partial charge in [0.05, 0.1) is 18.4 Å². The van der Waals surface area contributed by atoms with Gasteiger partial charge in [-0.2, -0.15) is 9.97 Å². The molecule has 3 aromatic heterocycles. The summed E-state index contributed by atoms with van der Waals surface area (Å²) in [5.74, 6) is 1.60. The van der Waals surface area contributed by atoms with Crippen molar-refractivity contribution in [1.29, 1.82) is 0 Å². The van der Waals surface area contributed by atoms with Crippen molar-refractivity contribution >= 4 is 40.7 Å². The smallest absolute Gasteiger partial charge is 0.315 e. The number of hydrogen-bond donors (Lipinski definition) is 7. The molecule has 1 unspecified atom stereocenters. The Morgan fingerprint density at radius 2 is 1.50 bits per heavy atom. The summed E-state index contributed by atoms with van der Waals surface area (Å²) >= 11 is 0. The lowest BCUT2D eigenvalue weighted by atomic mass is 9.91. The number of piperidine rings is 1. The molecule has 58 heavy (non-hydrogen) atoms. The number of anilines is 3. The number of fused-ring (bicyclic) bond motifs is 1. The molecule has 8 rings (SSSR count). The van der Waals surface area contributed by atoms with Crippen LogP contribution in [0.1, 0.15) is 62.1 Å². The lowest BCUT2D eigenvalue weighted by molar-refractivity contribution is -0.122. The summed E-state index contributed by atoms with van der Waals surface area (Å²) in [6.07, 6.45) is 4.09. The summed E-state index contributed by atoms with van der Waals surface area (Å²) < 4.78 is 1.77. The molecule has 0 radical (unpaired) electrons. The Labute approximate surface area is 337 Å². The van der Waals surface area contributed by atoms with Gasteiger partial charge in [0.1, 0.15) is 18.0 Å². The minimum absolute atomic E-state index is 0.00521. The van der Waals surface area contributed by atoms with Crippen LogP contribution in [0.5, 0.6) is 0 Å². The molecule has 2 saturated heterocycles. The molecule has 5 heterocycles. The number of pyridine rings is 1. The Morgan fingerprint density at radius 3 is 2.19 bits per heavy atom. The first kappa shape index (κ1) is 39.0. The zero-order valence-corrected chi connectivity index (χ0v) is 32.6. The van der Waals surface area contributed by atoms with Gasteiger partial charge in [0.2, 0.25) is 11.9 Å². The second kappa shape index (κ2) is 17.7. The lowest BCUT2D eigenvalue weighted by Crippen LogP contribution is -2.50. The number of hydrazine groups is 1. The Kier molecular flexibility index (Phi) is 11.9. The monoisotopic (exact) mass is 788 g/mol. The number of nitrogens with zero attached hydrogens (tertiary/aromatic N) is 7. The summed E-state index contributed by atoms with van der Waals surface area (Å²) in [4.78, 5) is 46.6. The van der Waals surface area contributed by atoms with Gasteiger partial charge >= 0.3 is 6.03 Å². The van der Waals surface area contributed by atoms with E-state index in [4.69, 9.17) is 15.0 Å². The third-order valence-electron chi connectivity index (χ3n) is 11.6. The topological polar surface area (TPSA) is 198 Å². The molecule has 16 heteroatoms. The van der Waals surface area contributed by atoms with Crippen molar-refractivity contribution in [2.75, 3.05) is 48.4 Å². The number of rotatable bonds is 13. The normalized spacial score (nSPS) is 22.6. The fourth-order valence-corrected chi connectivity index (χ4v) is 8.39. The maximum atomic E-state index is 13.1. The van der Waals surface area contributed by atoms with Crippen molar-refractivity contribution in [3.63, 3.8) is 0 Å². The first-order chi connectivity index (χ1) is 28.3. The van der Waals surface area contributed by atoms with Crippen LogP contribution >= 0.6 is 0 Å². The number of urea groups is 1. The molecule has 16 nitrogen and oxygen atoms in total. The van der Waals surface area contributed by atoms with Crippen molar-refractivity contribution in [3.05, 3.63) is 103 Å². The summed E-state index contributed by atoms with van der Waals surface area (Å²) in [5.41, 5.74) is 6.65. The first-order valence-corrected chi connectivity index (χ1v) is 20.3. The van der Waals surface area contributed by atoms with Crippen LogP contribution in [0.3, 0.4) is 0 Å². The number of imidazole rings is 1. The van der Waals surface area contributed by atoms with E-state index in [1.54, 1.807) is 24.0 Å². The number of amides is 3. The molecule has 3 amide bonds. The molecule has 3 aliphatic rings. The highest BCUT2D eigenvalue weighted by Gasteiger charge is 2.44. The van der Waals surface area contributed by atoms with Crippen LogP contribution < -0.4 is 31.6 Å². The number of aliphatic hydroxyl groups excluding tert-OH is 2. The van der Waals surface area contributed by atoms with Crippen molar-refractivity contribution in [3.8, 4) is 0 Å². The number of hydrogen-bond acceptors (Lipinski definition) is 12. The Bertz CT molecular complexity index is 2090. The number of aromatic nitrogens is 5. The zero-order valence-electron chi connectivity index (χ0n) is 32.6. The van der Waals surface area contributed by atoms with E-state index >= 15 is 0 Å². The molecule has 0 spiro atoms. The molecule has 2 aromatic carbocycles. The molecule has 3 fully saturated rings. The van der Waals surface area contributed by atoms with Crippen LogP contribution in [0.15, 0.2) is 91.4 Å². The SMILES string of the molecule is CCC(=O)N[C@H]1CC(n2cnc3c(NCC(c4ccccc4)c4ccccc4)nc(NN4CC[C@H](NC(=O)NC5CCN(c6ccccn6)CC5)C4)nc32)[C@H](O)[C@@H]1O. The number of aliphatic hydroxyl groups is 2. The second-order valence-electron chi connectivity index (χ2n) is 15.4. The molecule has 1 aliphatic carbocycles. The van der Waals surface area contributed by atoms with Gasteiger partial charge in [0.15, 0.2) is 17.0 Å². The van der Waals surface area contributed by atoms with Crippen molar-refractivity contribution in [2.24, 2.45) is 0 Å².